The van der Waals surface area contributed by atoms with Crippen LogP contribution in [0, 0.1) is 5.92 Å². The number of carbonyl (C=O) groups is 1. The molecule has 0 aliphatic heterocycles. The van der Waals surface area contributed by atoms with E-state index in [0.717, 1.165) is 18.4 Å². The molecule has 0 unspecified atom stereocenters. The van der Waals surface area contributed by atoms with E-state index >= 15 is 0 Å². The molecule has 0 bridgehead atoms. The molecule has 1 heterocycles. The fraction of sp³-hybridized carbons (Fsp3) is 0.438. The minimum absolute atomic E-state index is 0.0110. The van der Waals surface area contributed by atoms with Crippen LogP contribution in [0.1, 0.15) is 25.8 Å². The third kappa shape index (κ3) is 3.20. The van der Waals surface area contributed by atoms with E-state index < -0.39 is 6.10 Å². The molecule has 0 radical (unpaired) electrons. The van der Waals surface area contributed by atoms with E-state index in [0.29, 0.717) is 6.54 Å². The Labute approximate surface area is 119 Å². The molecule has 3 N–H and O–H groups in total. The number of hydrogen-bond donors (Lipinski definition) is 3. The van der Waals surface area contributed by atoms with Crippen LogP contribution in [0.25, 0.3) is 10.9 Å². The third-order valence-corrected chi connectivity index (χ3v) is 3.82. The molecule has 0 saturated heterocycles. The number of benzene rings is 1. The van der Waals surface area contributed by atoms with Crippen LogP contribution in [0.4, 0.5) is 0 Å². The van der Waals surface area contributed by atoms with Crippen LogP contribution >= 0.6 is 0 Å². The van der Waals surface area contributed by atoms with Crippen LogP contribution in [0.5, 0.6) is 0 Å². The summed E-state index contributed by atoms with van der Waals surface area (Å²) < 4.78 is 0. The van der Waals surface area contributed by atoms with Crippen molar-refractivity contribution in [3.8, 4) is 0 Å². The Morgan fingerprint density at radius 1 is 1.40 bits per heavy atom. The van der Waals surface area contributed by atoms with Gasteiger partial charge in [0.2, 0.25) is 5.91 Å². The number of fused-ring (bicyclic) bond motifs is 1. The maximum Gasteiger partial charge on any atom is 0.249 e. The number of aromatic amines is 1. The number of aliphatic hydroxyl groups is 1. The lowest BCUT2D eigenvalue weighted by Crippen LogP contribution is -2.39. The standard InChI is InChI=1S/C16H22N2O2/c1-3-11(2)15(19)16(20)17-9-8-12-10-18-14-7-5-4-6-13(12)14/h4-7,10-11,15,18-19H,3,8-9H2,1-2H3,(H,17,20)/t11-,15-/m0/s1. The average molecular weight is 274 g/mol. The van der Waals surface area contributed by atoms with Gasteiger partial charge in [-0.15, -0.1) is 0 Å². The van der Waals surface area contributed by atoms with E-state index in [-0.39, 0.29) is 11.8 Å². The van der Waals surface area contributed by atoms with Crippen molar-refractivity contribution in [2.75, 3.05) is 6.54 Å². The van der Waals surface area contributed by atoms with Crippen LogP contribution < -0.4 is 5.32 Å². The van der Waals surface area contributed by atoms with E-state index in [1.54, 1.807) is 0 Å². The molecule has 4 heteroatoms. The molecule has 0 aliphatic rings. The van der Waals surface area contributed by atoms with E-state index in [1.165, 1.54) is 10.9 Å². The van der Waals surface area contributed by atoms with Gasteiger partial charge in [0.15, 0.2) is 0 Å². The first-order valence-electron chi connectivity index (χ1n) is 7.14. The first kappa shape index (κ1) is 14.6. The predicted molar refractivity (Wildman–Crippen MR) is 80.5 cm³/mol. The van der Waals surface area contributed by atoms with Crippen LogP contribution in [0.2, 0.25) is 0 Å². The van der Waals surface area contributed by atoms with Gasteiger partial charge >= 0.3 is 0 Å². The van der Waals surface area contributed by atoms with Gasteiger partial charge in [-0.1, -0.05) is 38.5 Å². The van der Waals surface area contributed by atoms with Gasteiger partial charge in [-0.2, -0.15) is 0 Å². The Bertz CT molecular complexity index is 577. The van der Waals surface area contributed by atoms with Crippen LogP contribution in [-0.4, -0.2) is 28.6 Å². The molecule has 2 aromatic rings. The smallest absolute Gasteiger partial charge is 0.249 e. The van der Waals surface area contributed by atoms with Crippen molar-refractivity contribution in [3.05, 3.63) is 36.0 Å². The summed E-state index contributed by atoms with van der Waals surface area (Å²) >= 11 is 0. The average Bonchev–Trinajstić information content (AvgIpc) is 2.89. The van der Waals surface area contributed by atoms with Crippen molar-refractivity contribution < 1.29 is 9.90 Å². The highest BCUT2D eigenvalue weighted by Gasteiger charge is 2.20. The number of nitrogens with one attached hydrogen (secondary N) is 2. The number of rotatable bonds is 6. The van der Waals surface area contributed by atoms with Gasteiger partial charge in [-0.25, -0.2) is 0 Å². The zero-order chi connectivity index (χ0) is 14.5. The summed E-state index contributed by atoms with van der Waals surface area (Å²) in [6.07, 6.45) is 2.60. The summed E-state index contributed by atoms with van der Waals surface area (Å²) in [6.45, 7) is 4.38. The number of para-hydroxylation sites is 1. The number of H-pyrrole nitrogens is 1. The molecule has 20 heavy (non-hydrogen) atoms. The second-order valence-corrected chi connectivity index (χ2v) is 5.23. The van der Waals surface area contributed by atoms with Gasteiger partial charge in [0, 0.05) is 23.6 Å². The summed E-state index contributed by atoms with van der Waals surface area (Å²) in [4.78, 5) is 15.0. The van der Waals surface area contributed by atoms with Gasteiger partial charge in [0.05, 0.1) is 0 Å². The lowest BCUT2D eigenvalue weighted by molar-refractivity contribution is -0.131. The van der Waals surface area contributed by atoms with E-state index in [9.17, 15) is 9.90 Å². The molecule has 1 amide bonds. The SMILES string of the molecule is CC[C@H](C)[C@H](O)C(=O)NCCc1c[nH]c2ccccc12. The molecule has 1 aromatic heterocycles. The summed E-state index contributed by atoms with van der Waals surface area (Å²) in [6, 6.07) is 8.10. The second kappa shape index (κ2) is 6.57. The van der Waals surface area contributed by atoms with Crippen molar-refractivity contribution in [1.29, 1.82) is 0 Å². The van der Waals surface area contributed by atoms with Gasteiger partial charge in [0.1, 0.15) is 6.10 Å². The van der Waals surface area contributed by atoms with Crippen LogP contribution in [0.3, 0.4) is 0 Å². The number of amides is 1. The topological polar surface area (TPSA) is 65.1 Å². The summed E-state index contributed by atoms with van der Waals surface area (Å²) in [5.74, 6) is -0.290. The Morgan fingerprint density at radius 2 is 2.15 bits per heavy atom. The zero-order valence-corrected chi connectivity index (χ0v) is 12.0. The lowest BCUT2D eigenvalue weighted by Gasteiger charge is -2.16. The monoisotopic (exact) mass is 274 g/mol. The molecule has 0 spiro atoms. The highest BCUT2D eigenvalue weighted by molar-refractivity contribution is 5.83. The number of carbonyl (C=O) groups excluding carboxylic acids is 1. The quantitative estimate of drug-likeness (QED) is 0.756. The normalized spacial score (nSPS) is 14.2. The van der Waals surface area contributed by atoms with Crippen molar-refractivity contribution in [1.82, 2.24) is 10.3 Å². The highest BCUT2D eigenvalue weighted by atomic mass is 16.3. The van der Waals surface area contributed by atoms with Crippen LogP contribution in [-0.2, 0) is 11.2 Å². The summed E-state index contributed by atoms with van der Waals surface area (Å²) in [5, 5.41) is 13.8. The largest absolute Gasteiger partial charge is 0.383 e. The first-order valence-corrected chi connectivity index (χ1v) is 7.14. The van der Waals surface area contributed by atoms with Gasteiger partial charge in [0.25, 0.3) is 0 Å². The number of aliphatic hydroxyl groups excluding tert-OH is 1. The van der Waals surface area contributed by atoms with Crippen molar-refractivity contribution in [3.63, 3.8) is 0 Å². The van der Waals surface area contributed by atoms with E-state index in [1.807, 2.05) is 38.2 Å². The fourth-order valence-corrected chi connectivity index (χ4v) is 2.25. The van der Waals surface area contributed by atoms with E-state index in [4.69, 9.17) is 0 Å². The molecule has 2 rings (SSSR count). The molecule has 2 atom stereocenters. The fourth-order valence-electron chi connectivity index (χ4n) is 2.25. The number of hydrogen-bond acceptors (Lipinski definition) is 2. The minimum atomic E-state index is -0.914. The Hall–Kier alpha value is -1.81. The lowest BCUT2D eigenvalue weighted by atomic mass is 10.0. The molecule has 0 fully saturated rings. The van der Waals surface area contributed by atoms with Gasteiger partial charge in [-0.05, 0) is 24.0 Å². The maximum absolute atomic E-state index is 11.8. The molecular weight excluding hydrogens is 252 g/mol. The van der Waals surface area contributed by atoms with Gasteiger partial charge < -0.3 is 15.4 Å². The first-order chi connectivity index (χ1) is 9.63. The molecular formula is C16H22N2O2. The Kier molecular flexibility index (Phi) is 4.79. The summed E-state index contributed by atoms with van der Waals surface area (Å²) in [7, 11) is 0. The van der Waals surface area contributed by atoms with Crippen molar-refractivity contribution in [2.24, 2.45) is 5.92 Å². The van der Waals surface area contributed by atoms with Gasteiger partial charge in [-0.3, -0.25) is 4.79 Å². The molecule has 0 saturated carbocycles. The Balaban J connectivity index is 1.88. The molecule has 1 aromatic carbocycles. The highest BCUT2D eigenvalue weighted by Crippen LogP contribution is 2.17. The molecule has 0 aliphatic carbocycles. The second-order valence-electron chi connectivity index (χ2n) is 5.23. The Morgan fingerprint density at radius 3 is 2.90 bits per heavy atom. The number of aromatic nitrogens is 1. The van der Waals surface area contributed by atoms with Crippen LogP contribution in [0.15, 0.2) is 30.5 Å². The predicted octanol–water partition coefficient (Wildman–Crippen LogP) is 2.23. The summed E-state index contributed by atoms with van der Waals surface area (Å²) in [5.41, 5.74) is 2.28. The van der Waals surface area contributed by atoms with E-state index in [2.05, 4.69) is 16.4 Å². The zero-order valence-electron chi connectivity index (χ0n) is 12.0. The molecule has 4 nitrogen and oxygen atoms in total. The third-order valence-electron chi connectivity index (χ3n) is 3.82. The van der Waals surface area contributed by atoms with Crippen molar-refractivity contribution in [2.45, 2.75) is 32.8 Å². The minimum Gasteiger partial charge on any atom is -0.383 e. The maximum atomic E-state index is 11.8. The molecule has 108 valence electrons. The van der Waals surface area contributed by atoms with Crippen molar-refractivity contribution >= 4 is 16.8 Å².